The summed E-state index contributed by atoms with van der Waals surface area (Å²) < 4.78 is 0.718. The highest BCUT2D eigenvalue weighted by Gasteiger charge is 2.30. The molecule has 2 atom stereocenters. The van der Waals surface area contributed by atoms with Gasteiger partial charge in [-0.25, -0.2) is 4.98 Å². The zero-order chi connectivity index (χ0) is 23.4. The predicted molar refractivity (Wildman–Crippen MR) is 131 cm³/mol. The van der Waals surface area contributed by atoms with Gasteiger partial charge >= 0.3 is 0 Å². The lowest BCUT2D eigenvalue weighted by Crippen LogP contribution is -2.47. The molecule has 1 aliphatic heterocycles. The molecule has 2 aliphatic rings. The number of amides is 2. The van der Waals surface area contributed by atoms with E-state index in [1.165, 1.54) is 0 Å². The molecule has 0 bridgehead atoms. The molecule has 9 nitrogen and oxygen atoms in total. The summed E-state index contributed by atoms with van der Waals surface area (Å²) in [6, 6.07) is 7.30. The molecule has 1 saturated heterocycles. The Balaban J connectivity index is 1.42. The number of likely N-dealkylation sites (N-methyl/N-ethyl adjacent to an activating group) is 1. The van der Waals surface area contributed by atoms with Crippen LogP contribution >= 0.6 is 15.9 Å². The molecule has 2 amide bonds. The monoisotopic (exact) mass is 515 g/mol. The van der Waals surface area contributed by atoms with Gasteiger partial charge in [-0.3, -0.25) is 9.59 Å². The highest BCUT2D eigenvalue weighted by atomic mass is 79.9. The molecule has 1 saturated carbocycles. The van der Waals surface area contributed by atoms with Crippen LogP contribution in [0.2, 0.25) is 0 Å². The van der Waals surface area contributed by atoms with Crippen LogP contribution in [-0.4, -0.2) is 70.9 Å². The Morgan fingerprint density at radius 2 is 1.79 bits per heavy atom. The first-order chi connectivity index (χ1) is 15.9. The minimum Gasteiger partial charge on any atom is -0.369 e. The van der Waals surface area contributed by atoms with Crippen molar-refractivity contribution in [2.45, 2.75) is 31.7 Å². The first-order valence-corrected chi connectivity index (χ1v) is 12.1. The molecule has 10 heteroatoms. The SMILES string of the molecule is CN1CCN(C(=O)c2ccc(Nc3ncc(Br)c(N[C@@H]4CCCC[C@@H]4C(N)=O)n3)cc2)CC1. The minimum absolute atomic E-state index is 0.0461. The summed E-state index contributed by atoms with van der Waals surface area (Å²) in [5, 5.41) is 6.57. The Bertz CT molecular complexity index is 993. The van der Waals surface area contributed by atoms with E-state index in [0.717, 1.165) is 62.0 Å². The zero-order valence-corrected chi connectivity index (χ0v) is 20.3. The van der Waals surface area contributed by atoms with Crippen molar-refractivity contribution in [3.8, 4) is 0 Å². The number of carbonyl (C=O) groups is 2. The number of aromatic nitrogens is 2. The fourth-order valence-corrected chi connectivity index (χ4v) is 4.67. The van der Waals surface area contributed by atoms with Gasteiger partial charge in [0.05, 0.1) is 10.4 Å². The number of benzene rings is 1. The second-order valence-corrected chi connectivity index (χ2v) is 9.59. The number of halogens is 1. The van der Waals surface area contributed by atoms with Crippen molar-refractivity contribution in [2.75, 3.05) is 43.9 Å². The smallest absolute Gasteiger partial charge is 0.253 e. The standard InChI is InChI=1S/C23H30BrN7O2/c1-30-10-12-31(13-11-30)22(33)15-6-8-16(9-7-15)27-23-26-14-18(24)21(29-23)28-19-5-3-2-4-17(19)20(25)32/h6-9,14,17,19H,2-5,10-13H2,1H3,(H2,25,32)(H2,26,27,28,29)/t17-,19+/m0/s1. The first kappa shape index (κ1) is 23.4. The fourth-order valence-electron chi connectivity index (χ4n) is 4.37. The number of piperazine rings is 1. The maximum absolute atomic E-state index is 12.7. The number of rotatable bonds is 6. The number of hydrogen-bond acceptors (Lipinski definition) is 7. The van der Waals surface area contributed by atoms with E-state index in [4.69, 9.17) is 5.73 Å². The van der Waals surface area contributed by atoms with Gasteiger partial charge < -0.3 is 26.2 Å². The number of nitrogens with zero attached hydrogens (tertiary/aromatic N) is 4. The summed E-state index contributed by atoms with van der Waals surface area (Å²) in [6.07, 6.45) is 5.39. The second-order valence-electron chi connectivity index (χ2n) is 8.73. The van der Waals surface area contributed by atoms with Gasteiger partial charge in [0.2, 0.25) is 11.9 Å². The summed E-state index contributed by atoms with van der Waals surface area (Å²) in [5.74, 6) is 0.611. The first-order valence-electron chi connectivity index (χ1n) is 11.3. The lowest BCUT2D eigenvalue weighted by molar-refractivity contribution is -0.122. The Morgan fingerprint density at radius 3 is 2.48 bits per heavy atom. The van der Waals surface area contributed by atoms with Crippen LogP contribution in [0.4, 0.5) is 17.5 Å². The Kier molecular flexibility index (Phi) is 7.44. The van der Waals surface area contributed by atoms with E-state index < -0.39 is 0 Å². The summed E-state index contributed by atoms with van der Waals surface area (Å²) in [4.78, 5) is 37.6. The van der Waals surface area contributed by atoms with Crippen LogP contribution in [0.5, 0.6) is 0 Å². The summed E-state index contributed by atoms with van der Waals surface area (Å²) >= 11 is 3.49. The average molecular weight is 516 g/mol. The molecule has 0 unspecified atom stereocenters. The highest BCUT2D eigenvalue weighted by molar-refractivity contribution is 9.10. The van der Waals surface area contributed by atoms with E-state index in [1.807, 2.05) is 29.2 Å². The molecule has 1 aromatic heterocycles. The third-order valence-corrected chi connectivity index (χ3v) is 6.96. The van der Waals surface area contributed by atoms with Crippen LogP contribution in [0.25, 0.3) is 0 Å². The predicted octanol–water partition coefficient (Wildman–Crippen LogP) is 2.83. The van der Waals surface area contributed by atoms with Gasteiger partial charge in [-0.2, -0.15) is 4.98 Å². The van der Waals surface area contributed by atoms with Crippen LogP contribution in [0, 0.1) is 5.92 Å². The minimum atomic E-state index is -0.276. The van der Waals surface area contributed by atoms with Gasteiger partial charge in [0.25, 0.3) is 5.91 Å². The van der Waals surface area contributed by atoms with Gasteiger partial charge in [-0.15, -0.1) is 0 Å². The van der Waals surface area contributed by atoms with Crippen LogP contribution < -0.4 is 16.4 Å². The van der Waals surface area contributed by atoms with Crippen molar-refractivity contribution in [1.82, 2.24) is 19.8 Å². The number of hydrogen-bond donors (Lipinski definition) is 3. The van der Waals surface area contributed by atoms with Gasteiger partial charge in [0, 0.05) is 49.7 Å². The Hall–Kier alpha value is -2.72. The molecule has 1 aromatic carbocycles. The van der Waals surface area contributed by atoms with Crippen LogP contribution in [0.3, 0.4) is 0 Å². The van der Waals surface area contributed by atoms with Crippen molar-refractivity contribution in [3.05, 3.63) is 40.5 Å². The van der Waals surface area contributed by atoms with E-state index in [2.05, 4.69) is 48.5 Å². The summed E-state index contributed by atoms with van der Waals surface area (Å²) in [7, 11) is 2.07. The Morgan fingerprint density at radius 1 is 1.09 bits per heavy atom. The third-order valence-electron chi connectivity index (χ3n) is 6.38. The molecule has 0 radical (unpaired) electrons. The van der Waals surface area contributed by atoms with Gasteiger partial charge in [-0.05, 0) is 60.1 Å². The van der Waals surface area contributed by atoms with Crippen molar-refractivity contribution in [2.24, 2.45) is 11.7 Å². The molecule has 1 aliphatic carbocycles. The lowest BCUT2D eigenvalue weighted by atomic mass is 9.84. The van der Waals surface area contributed by atoms with E-state index in [0.29, 0.717) is 17.3 Å². The fraction of sp³-hybridized carbons (Fsp3) is 0.478. The molecule has 4 rings (SSSR count). The molecule has 2 fully saturated rings. The molecule has 176 valence electrons. The van der Waals surface area contributed by atoms with E-state index in [1.54, 1.807) is 6.20 Å². The molecule has 0 spiro atoms. The quantitative estimate of drug-likeness (QED) is 0.541. The Labute approximate surface area is 202 Å². The zero-order valence-electron chi connectivity index (χ0n) is 18.8. The largest absolute Gasteiger partial charge is 0.369 e. The third kappa shape index (κ3) is 5.80. The molecular formula is C23H30BrN7O2. The van der Waals surface area contributed by atoms with E-state index in [-0.39, 0.29) is 23.8 Å². The van der Waals surface area contributed by atoms with Gasteiger partial charge in [-0.1, -0.05) is 12.8 Å². The van der Waals surface area contributed by atoms with Crippen LogP contribution in [-0.2, 0) is 4.79 Å². The van der Waals surface area contributed by atoms with Crippen molar-refractivity contribution < 1.29 is 9.59 Å². The number of primary amides is 1. The second kappa shape index (κ2) is 10.5. The van der Waals surface area contributed by atoms with Crippen molar-refractivity contribution in [3.63, 3.8) is 0 Å². The lowest BCUT2D eigenvalue weighted by Gasteiger charge is -2.32. The average Bonchev–Trinajstić information content (AvgIpc) is 2.82. The molecule has 2 aromatic rings. The highest BCUT2D eigenvalue weighted by Crippen LogP contribution is 2.30. The number of anilines is 3. The number of nitrogens with two attached hydrogens (primary N) is 1. The summed E-state index contributed by atoms with van der Waals surface area (Å²) in [5.41, 5.74) is 7.05. The number of nitrogens with one attached hydrogen (secondary N) is 2. The maximum Gasteiger partial charge on any atom is 0.253 e. The molecular weight excluding hydrogens is 486 g/mol. The van der Waals surface area contributed by atoms with Gasteiger partial charge in [0.15, 0.2) is 0 Å². The maximum atomic E-state index is 12.7. The van der Waals surface area contributed by atoms with E-state index in [9.17, 15) is 9.59 Å². The van der Waals surface area contributed by atoms with E-state index >= 15 is 0 Å². The molecule has 4 N–H and O–H groups in total. The normalized spacial score (nSPS) is 21.5. The molecule has 2 heterocycles. The van der Waals surface area contributed by atoms with Crippen molar-refractivity contribution >= 4 is 45.2 Å². The van der Waals surface area contributed by atoms with Crippen molar-refractivity contribution in [1.29, 1.82) is 0 Å². The topological polar surface area (TPSA) is 116 Å². The molecule has 33 heavy (non-hydrogen) atoms. The summed E-state index contributed by atoms with van der Waals surface area (Å²) in [6.45, 7) is 3.28. The van der Waals surface area contributed by atoms with Gasteiger partial charge in [0.1, 0.15) is 5.82 Å². The number of carbonyl (C=O) groups excluding carboxylic acids is 2. The van der Waals surface area contributed by atoms with Crippen LogP contribution in [0.15, 0.2) is 34.9 Å². The van der Waals surface area contributed by atoms with Crippen LogP contribution in [0.1, 0.15) is 36.0 Å².